The van der Waals surface area contributed by atoms with Gasteiger partial charge >= 0.3 is 0 Å². The molecule has 1 heterocycles. The van der Waals surface area contributed by atoms with Crippen LogP contribution in [0.4, 0.5) is 0 Å². The summed E-state index contributed by atoms with van der Waals surface area (Å²) in [7, 11) is 0. The average Bonchev–Trinajstić information content (AvgIpc) is 3.00. The minimum atomic E-state index is 0.824. The Morgan fingerprint density at radius 1 is 0.938 bits per heavy atom. The molecule has 2 N–H and O–H groups in total. The van der Waals surface area contributed by atoms with Crippen molar-refractivity contribution in [1.29, 1.82) is 0 Å². The Hall–Kier alpha value is -0.0800. The lowest BCUT2D eigenvalue weighted by Gasteiger charge is -2.36. The molecule has 0 radical (unpaired) electrons. The van der Waals surface area contributed by atoms with E-state index in [9.17, 15) is 0 Å². The Morgan fingerprint density at radius 2 is 1.81 bits per heavy atom. The lowest BCUT2D eigenvalue weighted by molar-refractivity contribution is 0.213. The SMILES string of the molecule is C1CNC(C2CCCCC2NCC2CC2)C1. The molecule has 3 fully saturated rings. The van der Waals surface area contributed by atoms with Gasteiger partial charge in [-0.15, -0.1) is 0 Å². The van der Waals surface area contributed by atoms with Crippen LogP contribution in [0.2, 0.25) is 0 Å². The summed E-state index contributed by atoms with van der Waals surface area (Å²) in [5, 5.41) is 7.59. The Balaban J connectivity index is 1.53. The summed E-state index contributed by atoms with van der Waals surface area (Å²) in [6.45, 7) is 2.56. The molecule has 3 unspecified atom stereocenters. The normalized spacial score (nSPS) is 40.1. The van der Waals surface area contributed by atoms with Gasteiger partial charge in [-0.05, 0) is 63.5 Å². The van der Waals surface area contributed by atoms with Crippen LogP contribution >= 0.6 is 0 Å². The zero-order valence-electron chi connectivity index (χ0n) is 10.4. The van der Waals surface area contributed by atoms with Crippen molar-refractivity contribution >= 4 is 0 Å². The fourth-order valence-electron chi connectivity index (χ4n) is 3.61. The van der Waals surface area contributed by atoms with E-state index in [0.29, 0.717) is 0 Å². The molecule has 92 valence electrons. The third kappa shape index (κ3) is 2.60. The predicted octanol–water partition coefficient (Wildman–Crippen LogP) is 2.30. The molecule has 2 aliphatic carbocycles. The van der Waals surface area contributed by atoms with Crippen molar-refractivity contribution in [3.05, 3.63) is 0 Å². The molecular formula is C14H26N2. The van der Waals surface area contributed by atoms with Crippen LogP contribution in [0.15, 0.2) is 0 Å². The van der Waals surface area contributed by atoms with Gasteiger partial charge < -0.3 is 10.6 Å². The van der Waals surface area contributed by atoms with E-state index in [2.05, 4.69) is 10.6 Å². The molecule has 3 atom stereocenters. The van der Waals surface area contributed by atoms with Crippen LogP contribution in [-0.4, -0.2) is 25.2 Å². The maximum atomic E-state index is 3.87. The summed E-state index contributed by atoms with van der Waals surface area (Å²) in [4.78, 5) is 0. The van der Waals surface area contributed by atoms with Crippen LogP contribution < -0.4 is 10.6 Å². The first-order valence-electron chi connectivity index (χ1n) is 7.40. The lowest BCUT2D eigenvalue weighted by Crippen LogP contribution is -2.47. The molecule has 2 nitrogen and oxygen atoms in total. The number of hydrogen-bond donors (Lipinski definition) is 2. The maximum Gasteiger partial charge on any atom is 0.0111 e. The summed E-state index contributed by atoms with van der Waals surface area (Å²) in [6, 6.07) is 1.65. The second kappa shape index (κ2) is 5.05. The van der Waals surface area contributed by atoms with Crippen LogP contribution in [0.1, 0.15) is 51.4 Å². The molecular weight excluding hydrogens is 196 g/mol. The summed E-state index contributed by atoms with van der Waals surface area (Å²) in [6.07, 6.45) is 11.6. The molecule has 2 saturated carbocycles. The standard InChI is InChI=1S/C14H26N2/c1-2-5-14(16-10-11-7-8-11)12(4-1)13-6-3-9-15-13/h11-16H,1-10H2. The van der Waals surface area contributed by atoms with Gasteiger partial charge in [0.1, 0.15) is 0 Å². The van der Waals surface area contributed by atoms with Crippen molar-refractivity contribution in [2.75, 3.05) is 13.1 Å². The first-order valence-corrected chi connectivity index (χ1v) is 7.40. The van der Waals surface area contributed by atoms with Crippen molar-refractivity contribution in [2.45, 2.75) is 63.5 Å². The highest BCUT2D eigenvalue weighted by molar-refractivity contribution is 4.92. The van der Waals surface area contributed by atoms with E-state index in [4.69, 9.17) is 0 Å². The summed E-state index contributed by atoms with van der Waals surface area (Å²) >= 11 is 0. The molecule has 1 aliphatic heterocycles. The van der Waals surface area contributed by atoms with Crippen molar-refractivity contribution in [1.82, 2.24) is 10.6 Å². The minimum Gasteiger partial charge on any atom is -0.314 e. The number of rotatable bonds is 4. The van der Waals surface area contributed by atoms with Gasteiger partial charge in [-0.1, -0.05) is 12.8 Å². The second-order valence-corrected chi connectivity index (χ2v) is 6.11. The third-order valence-electron chi connectivity index (χ3n) is 4.80. The first kappa shape index (κ1) is 11.0. The molecule has 3 aliphatic rings. The molecule has 0 amide bonds. The third-order valence-corrected chi connectivity index (χ3v) is 4.80. The molecule has 3 rings (SSSR count). The fraction of sp³-hybridized carbons (Fsp3) is 1.00. The average molecular weight is 222 g/mol. The van der Waals surface area contributed by atoms with Crippen molar-refractivity contribution in [2.24, 2.45) is 11.8 Å². The quantitative estimate of drug-likeness (QED) is 0.762. The topological polar surface area (TPSA) is 24.1 Å². The van der Waals surface area contributed by atoms with Crippen LogP contribution in [0.3, 0.4) is 0 Å². The van der Waals surface area contributed by atoms with Gasteiger partial charge in [0, 0.05) is 12.1 Å². The van der Waals surface area contributed by atoms with E-state index < -0.39 is 0 Å². The molecule has 0 bridgehead atoms. The van der Waals surface area contributed by atoms with Crippen molar-refractivity contribution in [3.63, 3.8) is 0 Å². The molecule has 1 saturated heterocycles. The number of nitrogens with one attached hydrogen (secondary N) is 2. The monoisotopic (exact) mass is 222 g/mol. The highest BCUT2D eigenvalue weighted by Gasteiger charge is 2.33. The molecule has 16 heavy (non-hydrogen) atoms. The molecule has 0 spiro atoms. The van der Waals surface area contributed by atoms with Gasteiger partial charge in [0.2, 0.25) is 0 Å². The van der Waals surface area contributed by atoms with E-state index in [1.165, 1.54) is 64.5 Å². The van der Waals surface area contributed by atoms with Crippen LogP contribution in [0.5, 0.6) is 0 Å². The first-order chi connectivity index (χ1) is 7.93. The zero-order chi connectivity index (χ0) is 10.8. The van der Waals surface area contributed by atoms with Gasteiger partial charge in [-0.3, -0.25) is 0 Å². The van der Waals surface area contributed by atoms with Crippen molar-refractivity contribution < 1.29 is 0 Å². The minimum absolute atomic E-state index is 0.824. The van der Waals surface area contributed by atoms with E-state index >= 15 is 0 Å². The van der Waals surface area contributed by atoms with E-state index in [0.717, 1.165) is 23.9 Å². The zero-order valence-corrected chi connectivity index (χ0v) is 10.4. The number of hydrogen-bond acceptors (Lipinski definition) is 2. The van der Waals surface area contributed by atoms with Crippen molar-refractivity contribution in [3.8, 4) is 0 Å². The van der Waals surface area contributed by atoms with Gasteiger partial charge in [0.05, 0.1) is 0 Å². The van der Waals surface area contributed by atoms with E-state index in [1.807, 2.05) is 0 Å². The highest BCUT2D eigenvalue weighted by Crippen LogP contribution is 2.32. The van der Waals surface area contributed by atoms with E-state index in [-0.39, 0.29) is 0 Å². The predicted molar refractivity (Wildman–Crippen MR) is 67.5 cm³/mol. The van der Waals surface area contributed by atoms with E-state index in [1.54, 1.807) is 0 Å². The van der Waals surface area contributed by atoms with Gasteiger partial charge in [-0.25, -0.2) is 0 Å². The molecule has 2 heteroatoms. The van der Waals surface area contributed by atoms with Crippen LogP contribution in [0, 0.1) is 11.8 Å². The summed E-state index contributed by atoms with van der Waals surface area (Å²) in [5.41, 5.74) is 0. The van der Waals surface area contributed by atoms with Crippen LogP contribution in [-0.2, 0) is 0 Å². The second-order valence-electron chi connectivity index (χ2n) is 6.11. The summed E-state index contributed by atoms with van der Waals surface area (Å²) < 4.78 is 0. The van der Waals surface area contributed by atoms with Crippen LogP contribution in [0.25, 0.3) is 0 Å². The van der Waals surface area contributed by atoms with Gasteiger partial charge in [0.15, 0.2) is 0 Å². The Bertz CT molecular complexity index is 219. The smallest absolute Gasteiger partial charge is 0.0111 e. The maximum absolute atomic E-state index is 3.87. The highest BCUT2D eigenvalue weighted by atomic mass is 15.0. The molecule has 0 aromatic rings. The fourth-order valence-corrected chi connectivity index (χ4v) is 3.61. The largest absolute Gasteiger partial charge is 0.314 e. The molecule has 0 aromatic heterocycles. The lowest BCUT2D eigenvalue weighted by atomic mass is 9.79. The Morgan fingerprint density at radius 3 is 2.56 bits per heavy atom. The Kier molecular flexibility index (Phi) is 3.49. The Labute approximate surface area is 99.6 Å². The molecule has 0 aromatic carbocycles. The summed E-state index contributed by atoms with van der Waals surface area (Å²) in [5.74, 6) is 1.95. The van der Waals surface area contributed by atoms with Gasteiger partial charge in [-0.2, -0.15) is 0 Å². The van der Waals surface area contributed by atoms with Gasteiger partial charge in [0.25, 0.3) is 0 Å².